The molecular formula is C11H13N3O. The highest BCUT2D eigenvalue weighted by Crippen LogP contribution is 2.29. The van der Waals surface area contributed by atoms with Gasteiger partial charge in [-0.1, -0.05) is 0 Å². The number of nitrogens with zero attached hydrogens (tertiary/aromatic N) is 3. The van der Waals surface area contributed by atoms with Crippen molar-refractivity contribution in [3.63, 3.8) is 0 Å². The zero-order valence-corrected chi connectivity index (χ0v) is 8.68. The number of rotatable bonds is 3. The zero-order valence-electron chi connectivity index (χ0n) is 8.68. The van der Waals surface area contributed by atoms with Crippen LogP contribution in [0, 0.1) is 12.8 Å². The Hall–Kier alpha value is -1.45. The second-order valence-electron chi connectivity index (χ2n) is 3.96. The minimum atomic E-state index is -0.110. The van der Waals surface area contributed by atoms with E-state index in [0.717, 1.165) is 6.54 Å². The zero-order chi connectivity index (χ0) is 10.8. The minimum Gasteiger partial charge on any atom is -0.340 e. The first kappa shape index (κ1) is 10.1. The van der Waals surface area contributed by atoms with E-state index in [1.807, 2.05) is 0 Å². The average Bonchev–Trinajstić information content (AvgIpc) is 3.00. The van der Waals surface area contributed by atoms with E-state index in [1.54, 1.807) is 11.9 Å². The van der Waals surface area contributed by atoms with Crippen molar-refractivity contribution < 1.29 is 4.79 Å². The standard InChI is InChI=1S/C11H13N3O/c1-8-5-12-6-10(13-8)11(15)14(2)7-9-3-4-9/h1,5-6,9H,3-4,7H2,2H3. The van der Waals surface area contributed by atoms with Gasteiger partial charge in [-0.05, 0) is 18.8 Å². The van der Waals surface area contributed by atoms with E-state index in [4.69, 9.17) is 6.92 Å². The highest BCUT2D eigenvalue weighted by Gasteiger charge is 2.25. The van der Waals surface area contributed by atoms with Crippen molar-refractivity contribution in [1.82, 2.24) is 14.9 Å². The maximum absolute atomic E-state index is 11.8. The lowest BCUT2D eigenvalue weighted by Crippen LogP contribution is -2.29. The van der Waals surface area contributed by atoms with E-state index < -0.39 is 0 Å². The van der Waals surface area contributed by atoms with E-state index in [0.29, 0.717) is 11.6 Å². The molecule has 0 aliphatic heterocycles. The second kappa shape index (κ2) is 3.96. The second-order valence-corrected chi connectivity index (χ2v) is 3.96. The van der Waals surface area contributed by atoms with Crippen LogP contribution >= 0.6 is 0 Å². The molecule has 1 saturated carbocycles. The minimum absolute atomic E-state index is 0.110. The third kappa shape index (κ3) is 2.52. The van der Waals surface area contributed by atoms with Gasteiger partial charge in [0.25, 0.3) is 5.91 Å². The van der Waals surface area contributed by atoms with Gasteiger partial charge in [-0.25, -0.2) is 4.98 Å². The molecule has 2 rings (SSSR count). The van der Waals surface area contributed by atoms with Gasteiger partial charge in [-0.2, -0.15) is 0 Å². The van der Waals surface area contributed by atoms with Gasteiger partial charge in [0.2, 0.25) is 0 Å². The Morgan fingerprint density at radius 3 is 2.93 bits per heavy atom. The predicted octanol–water partition coefficient (Wildman–Crippen LogP) is 1.02. The molecule has 1 heterocycles. The first-order valence-electron chi connectivity index (χ1n) is 5.00. The molecule has 15 heavy (non-hydrogen) atoms. The Morgan fingerprint density at radius 2 is 2.33 bits per heavy atom. The van der Waals surface area contributed by atoms with Gasteiger partial charge >= 0.3 is 0 Å². The molecule has 0 saturated heterocycles. The van der Waals surface area contributed by atoms with Crippen LogP contribution in [-0.4, -0.2) is 34.4 Å². The largest absolute Gasteiger partial charge is 0.340 e. The average molecular weight is 203 g/mol. The fourth-order valence-corrected chi connectivity index (χ4v) is 1.45. The molecule has 4 heteroatoms. The molecule has 0 unspecified atom stereocenters. The molecule has 1 aliphatic carbocycles. The molecule has 1 fully saturated rings. The van der Waals surface area contributed by atoms with Gasteiger partial charge in [0.05, 0.1) is 11.9 Å². The number of amides is 1. The lowest BCUT2D eigenvalue weighted by Gasteiger charge is -2.15. The molecule has 1 aromatic heterocycles. The number of aromatic nitrogens is 2. The Balaban J connectivity index is 2.05. The van der Waals surface area contributed by atoms with Crippen molar-refractivity contribution in [3.05, 3.63) is 30.7 Å². The summed E-state index contributed by atoms with van der Waals surface area (Å²) in [6.45, 7) is 6.27. The van der Waals surface area contributed by atoms with Crippen molar-refractivity contribution in [2.45, 2.75) is 12.8 Å². The molecule has 0 bridgehead atoms. The van der Waals surface area contributed by atoms with E-state index in [2.05, 4.69) is 9.97 Å². The maximum atomic E-state index is 11.8. The summed E-state index contributed by atoms with van der Waals surface area (Å²) in [4.78, 5) is 21.3. The first-order chi connectivity index (χ1) is 7.16. The third-order valence-electron chi connectivity index (χ3n) is 2.45. The summed E-state index contributed by atoms with van der Waals surface area (Å²) in [5, 5.41) is 0. The SMILES string of the molecule is [CH]c1cncc(C(=O)N(C)CC2CC2)n1. The smallest absolute Gasteiger partial charge is 0.273 e. The first-order valence-corrected chi connectivity index (χ1v) is 5.00. The summed E-state index contributed by atoms with van der Waals surface area (Å²) >= 11 is 0. The number of hydrogen-bond acceptors (Lipinski definition) is 3. The molecule has 2 radical (unpaired) electrons. The molecule has 78 valence electrons. The van der Waals surface area contributed by atoms with Crippen molar-refractivity contribution in [1.29, 1.82) is 0 Å². The molecule has 1 aromatic rings. The van der Waals surface area contributed by atoms with Crippen LogP contribution in [-0.2, 0) is 0 Å². The van der Waals surface area contributed by atoms with Crippen molar-refractivity contribution in [3.8, 4) is 0 Å². The van der Waals surface area contributed by atoms with Crippen LogP contribution in [0.25, 0.3) is 0 Å². The molecule has 1 aliphatic rings. The Bertz CT molecular complexity index is 374. The molecule has 0 atom stereocenters. The number of carbonyl (C=O) groups excluding carboxylic acids is 1. The molecule has 1 amide bonds. The molecule has 4 nitrogen and oxygen atoms in total. The summed E-state index contributed by atoms with van der Waals surface area (Å²) in [5.74, 6) is 0.565. The van der Waals surface area contributed by atoms with Gasteiger partial charge in [0.1, 0.15) is 5.69 Å². The lowest BCUT2D eigenvalue weighted by molar-refractivity contribution is 0.0782. The highest BCUT2D eigenvalue weighted by atomic mass is 16.2. The van der Waals surface area contributed by atoms with Crippen LogP contribution in [0.2, 0.25) is 0 Å². The Kier molecular flexibility index (Phi) is 2.66. The normalized spacial score (nSPS) is 15.1. The van der Waals surface area contributed by atoms with Gasteiger partial charge in [-0.3, -0.25) is 9.78 Å². The topological polar surface area (TPSA) is 46.1 Å². The molecule has 0 aromatic carbocycles. The highest BCUT2D eigenvalue weighted by molar-refractivity contribution is 5.91. The van der Waals surface area contributed by atoms with Gasteiger partial charge < -0.3 is 4.90 Å². The number of hydrogen-bond donors (Lipinski definition) is 0. The van der Waals surface area contributed by atoms with Crippen molar-refractivity contribution in [2.24, 2.45) is 5.92 Å². The fourth-order valence-electron chi connectivity index (χ4n) is 1.45. The summed E-state index contributed by atoms with van der Waals surface area (Å²) < 4.78 is 0. The van der Waals surface area contributed by atoms with E-state index in [9.17, 15) is 4.79 Å². The Morgan fingerprint density at radius 1 is 1.60 bits per heavy atom. The summed E-state index contributed by atoms with van der Waals surface area (Å²) in [6, 6.07) is 0. The fraction of sp³-hybridized carbons (Fsp3) is 0.455. The van der Waals surface area contributed by atoms with Crippen LogP contribution in [0.1, 0.15) is 29.0 Å². The van der Waals surface area contributed by atoms with Crippen LogP contribution in [0.4, 0.5) is 0 Å². The number of carbonyl (C=O) groups is 1. The van der Waals surface area contributed by atoms with Gasteiger partial charge in [0.15, 0.2) is 0 Å². The lowest BCUT2D eigenvalue weighted by atomic mass is 10.3. The van der Waals surface area contributed by atoms with Crippen LogP contribution in [0.3, 0.4) is 0 Å². The quantitative estimate of drug-likeness (QED) is 0.736. The monoisotopic (exact) mass is 203 g/mol. The van der Waals surface area contributed by atoms with Gasteiger partial charge in [-0.15, -0.1) is 0 Å². The van der Waals surface area contributed by atoms with E-state index in [-0.39, 0.29) is 11.6 Å². The maximum Gasteiger partial charge on any atom is 0.273 e. The van der Waals surface area contributed by atoms with E-state index >= 15 is 0 Å². The summed E-state index contributed by atoms with van der Waals surface area (Å²) in [6.07, 6.45) is 5.32. The van der Waals surface area contributed by atoms with Crippen molar-refractivity contribution >= 4 is 5.91 Å². The van der Waals surface area contributed by atoms with Crippen LogP contribution in [0.15, 0.2) is 12.4 Å². The summed E-state index contributed by atoms with van der Waals surface area (Å²) in [5.41, 5.74) is 0.596. The van der Waals surface area contributed by atoms with Gasteiger partial charge in [0, 0.05) is 26.7 Å². The molecule has 0 N–H and O–H groups in total. The predicted molar refractivity (Wildman–Crippen MR) is 55.1 cm³/mol. The summed E-state index contributed by atoms with van der Waals surface area (Å²) in [7, 11) is 1.78. The van der Waals surface area contributed by atoms with E-state index in [1.165, 1.54) is 25.2 Å². The van der Waals surface area contributed by atoms with Crippen LogP contribution in [0.5, 0.6) is 0 Å². The van der Waals surface area contributed by atoms with Crippen molar-refractivity contribution in [2.75, 3.05) is 13.6 Å². The molecule has 0 spiro atoms. The third-order valence-corrected chi connectivity index (χ3v) is 2.45. The van der Waals surface area contributed by atoms with Crippen LogP contribution < -0.4 is 0 Å². The Labute approximate surface area is 89.3 Å². The molecular weight excluding hydrogens is 190 g/mol.